The lowest BCUT2D eigenvalue weighted by atomic mass is 9.99. The van der Waals surface area contributed by atoms with E-state index < -0.39 is 250 Å². The highest BCUT2D eigenvalue weighted by Gasteiger charge is 2.45. The van der Waals surface area contributed by atoms with Crippen molar-refractivity contribution in [3.05, 3.63) is 71.9 Å². The number of carbonyl (C=O) groups excluding carboxylic acids is 14. The van der Waals surface area contributed by atoms with Crippen LogP contribution in [0.1, 0.15) is 157 Å². The number of rotatable bonds is 51. The second kappa shape index (κ2) is 49.3. The zero-order chi connectivity index (χ0) is 91.9. The lowest BCUT2D eigenvalue weighted by Gasteiger charge is -2.32. The number of nitrogens with two attached hydrogens (primary N) is 2. The van der Waals surface area contributed by atoms with E-state index in [1.165, 1.54) is 41.0 Å². The van der Waals surface area contributed by atoms with Crippen molar-refractivity contribution in [3.63, 3.8) is 0 Å². The van der Waals surface area contributed by atoms with Crippen LogP contribution in [0.3, 0.4) is 0 Å². The molecule has 123 heavy (non-hydrogen) atoms. The van der Waals surface area contributed by atoms with E-state index in [-0.39, 0.29) is 69.0 Å². The molecule has 44 heteroatoms. The Kier molecular flexibility index (Phi) is 41.1. The van der Waals surface area contributed by atoms with Crippen LogP contribution in [0.4, 0.5) is 0 Å². The van der Waals surface area contributed by atoms with Gasteiger partial charge in [0.05, 0.1) is 31.8 Å². The highest BCUT2D eigenvalue weighted by molar-refractivity contribution is 7.46. The van der Waals surface area contributed by atoms with Crippen LogP contribution in [-0.2, 0) is 103 Å². The van der Waals surface area contributed by atoms with Crippen LogP contribution in [0.2, 0.25) is 0 Å². The molecule has 682 valence electrons. The first-order chi connectivity index (χ1) is 57.9. The van der Waals surface area contributed by atoms with E-state index in [0.29, 0.717) is 55.1 Å². The first-order valence-electron chi connectivity index (χ1n) is 40.8. The van der Waals surface area contributed by atoms with Gasteiger partial charge in [-0.15, -0.1) is 0 Å². The highest BCUT2D eigenvalue weighted by Crippen LogP contribution is 2.38. The number of para-hydroxylation sites is 1. The molecule has 2 aromatic carbocycles. The molecule has 5 rings (SSSR count). The minimum atomic E-state index is -5.64. The third-order valence-corrected chi connectivity index (χ3v) is 20.9. The molecule has 2 aliphatic rings. The number of aliphatic hydroxyl groups is 2. The molecular weight excluding hydrogens is 1630 g/mol. The molecule has 24 N–H and O–H groups in total. The van der Waals surface area contributed by atoms with E-state index in [1.807, 2.05) is 0 Å². The Hall–Kier alpha value is -11.1. The van der Waals surface area contributed by atoms with Gasteiger partial charge in [0.25, 0.3) is 0 Å². The molecule has 2 aliphatic heterocycles. The number of carboxylic acid groups (broad SMARTS) is 3. The van der Waals surface area contributed by atoms with Gasteiger partial charge in [0, 0.05) is 49.5 Å². The standard InChI is InChI=1S/C79H120N17O26P/c1-40(2)31-52(68(106)87-55(35-47-37-82-49-22-14-13-21-48(47)49)71(109)85-50(23-15-16-28-80)66(104)91-57(79(117)118)33-42(5)6)86-72(110)56(36-63(101)102)88-74(112)59(39-98)93-70(108)54(34-46-19-11-10-12-20-46)90-76(114)64(45(9)122-123(119,120)121)94-67(105)51(26-27-62(99)100)84-65(103)44(8)83-73(111)58(38-97)92-69(107)53(32-41(3)4)89-75(113)60-24-17-29-95(60)78(116)61-25-18-30-96(61)77(115)43(7)81/h10-14,19-22,37,40-45,50-61,64,82,97-98H,15-18,23-36,38-39,80-81H2,1-9H3,(H,83,111)(H,84,103)(H,85,109)(H,86,110)(H,87,106)(H,88,112)(H,89,113)(H,90,114)(H,91,104)(H,92,107)(H,93,108)(H,94,105)(H,99,100)(H,101,102)(H,117,118)(H2,119,120,121)/t43-,44-,45+,50-,51-,52-,53-,54-,55-,56-,57-,58-,59-,60-,61-,64-/m0/s1. The largest absolute Gasteiger partial charge is 0.481 e. The maximum absolute atomic E-state index is 14.7. The lowest BCUT2D eigenvalue weighted by molar-refractivity contribution is -0.147. The van der Waals surface area contributed by atoms with Crippen molar-refractivity contribution in [1.82, 2.24) is 78.6 Å². The summed E-state index contributed by atoms with van der Waals surface area (Å²) in [5.41, 5.74) is 13.0. The summed E-state index contributed by atoms with van der Waals surface area (Å²) in [6.07, 6.45) is -2.20. The van der Waals surface area contributed by atoms with Gasteiger partial charge in [-0.3, -0.25) is 81.2 Å². The van der Waals surface area contributed by atoms with Gasteiger partial charge in [0.1, 0.15) is 84.6 Å². The number of fused-ring (bicyclic) bond motifs is 1. The zero-order valence-corrected chi connectivity index (χ0v) is 71.2. The van der Waals surface area contributed by atoms with E-state index in [2.05, 4.69) is 68.8 Å². The van der Waals surface area contributed by atoms with Gasteiger partial charge in [-0.2, -0.15) is 0 Å². The van der Waals surface area contributed by atoms with E-state index in [1.54, 1.807) is 78.1 Å². The maximum Gasteiger partial charge on any atom is 0.469 e. The predicted molar refractivity (Wildman–Crippen MR) is 439 cm³/mol. The Morgan fingerprint density at radius 3 is 1.49 bits per heavy atom. The number of hydrogen-bond donors (Lipinski definition) is 22. The number of carbonyl (C=O) groups is 17. The first-order valence-corrected chi connectivity index (χ1v) is 42.3. The van der Waals surface area contributed by atoms with Crippen LogP contribution in [0, 0.1) is 17.8 Å². The molecule has 0 bridgehead atoms. The number of carboxylic acids is 3. The van der Waals surface area contributed by atoms with Gasteiger partial charge in [-0.25, -0.2) is 9.36 Å². The zero-order valence-electron chi connectivity index (χ0n) is 70.3. The Morgan fingerprint density at radius 2 is 0.935 bits per heavy atom. The number of benzene rings is 2. The highest BCUT2D eigenvalue weighted by atomic mass is 31.2. The number of likely N-dealkylation sites (tertiary alicyclic amines) is 2. The summed E-state index contributed by atoms with van der Waals surface area (Å²) in [6.45, 7) is 11.9. The fraction of sp³-hybridized carbons (Fsp3) is 0.608. The Balaban J connectivity index is 1.35. The fourth-order valence-corrected chi connectivity index (χ4v) is 14.6. The minimum absolute atomic E-state index is 0.0120. The van der Waals surface area contributed by atoms with E-state index in [0.717, 1.165) is 13.8 Å². The Morgan fingerprint density at radius 1 is 0.488 bits per heavy atom. The minimum Gasteiger partial charge on any atom is -0.481 e. The number of nitrogens with zero attached hydrogens (tertiary/aromatic N) is 2. The molecule has 0 radical (unpaired) electrons. The second-order valence-corrected chi connectivity index (χ2v) is 33.1. The van der Waals surface area contributed by atoms with Crippen molar-refractivity contribution in [2.24, 2.45) is 29.2 Å². The number of unbranched alkanes of at least 4 members (excludes halogenated alkanes) is 1. The molecule has 2 saturated heterocycles. The fourth-order valence-electron chi connectivity index (χ4n) is 14.0. The monoisotopic (exact) mass is 1750 g/mol. The van der Waals surface area contributed by atoms with Crippen molar-refractivity contribution in [1.29, 1.82) is 0 Å². The molecule has 0 unspecified atom stereocenters. The van der Waals surface area contributed by atoms with Crippen molar-refractivity contribution in [3.8, 4) is 0 Å². The Bertz CT molecular complexity index is 4240. The number of aliphatic hydroxyl groups excluding tert-OH is 2. The number of phosphoric ester groups is 1. The van der Waals surface area contributed by atoms with Gasteiger partial charge in [0.15, 0.2) is 0 Å². The summed E-state index contributed by atoms with van der Waals surface area (Å²) in [7, 11) is -5.64. The van der Waals surface area contributed by atoms with Gasteiger partial charge >= 0.3 is 25.7 Å². The molecule has 1 aromatic heterocycles. The van der Waals surface area contributed by atoms with Crippen LogP contribution in [0.5, 0.6) is 0 Å². The van der Waals surface area contributed by atoms with Gasteiger partial charge in [-0.05, 0) is 133 Å². The molecule has 0 aliphatic carbocycles. The van der Waals surface area contributed by atoms with Crippen LogP contribution in [0.25, 0.3) is 10.9 Å². The third-order valence-electron chi connectivity index (χ3n) is 20.3. The third kappa shape index (κ3) is 32.9. The normalized spacial score (nSPS) is 17.4. The molecule has 3 heterocycles. The summed E-state index contributed by atoms with van der Waals surface area (Å²) in [6, 6.07) is -9.65. The number of amides is 14. The van der Waals surface area contributed by atoms with E-state index in [4.69, 9.17) is 16.0 Å². The van der Waals surface area contributed by atoms with Crippen LogP contribution in [0.15, 0.2) is 60.8 Å². The summed E-state index contributed by atoms with van der Waals surface area (Å²) in [5.74, 6) is -20.3. The molecule has 16 atom stereocenters. The van der Waals surface area contributed by atoms with E-state index >= 15 is 0 Å². The molecule has 43 nitrogen and oxygen atoms in total. The summed E-state index contributed by atoms with van der Waals surface area (Å²) in [5, 5.41) is 80.1. The lowest BCUT2D eigenvalue weighted by Crippen LogP contribution is -2.63. The number of phosphoric acid groups is 1. The van der Waals surface area contributed by atoms with Crippen molar-refractivity contribution in [2.45, 2.75) is 255 Å². The number of aliphatic carboxylic acids is 3. The summed E-state index contributed by atoms with van der Waals surface area (Å²) >= 11 is 0. The average molecular weight is 1750 g/mol. The summed E-state index contributed by atoms with van der Waals surface area (Å²) < 4.78 is 17.2. The number of nitrogens with one attached hydrogen (secondary N) is 13. The van der Waals surface area contributed by atoms with Gasteiger partial charge in [-0.1, -0.05) is 90.1 Å². The maximum atomic E-state index is 14.7. The van der Waals surface area contributed by atoms with Crippen molar-refractivity contribution >= 4 is 119 Å². The Labute approximate surface area is 710 Å². The quantitative estimate of drug-likeness (QED) is 0.0191. The van der Waals surface area contributed by atoms with Gasteiger partial charge in [0.2, 0.25) is 82.7 Å². The van der Waals surface area contributed by atoms with Crippen LogP contribution < -0.4 is 75.3 Å². The molecule has 2 fully saturated rings. The number of aromatic amines is 1. The topological polar surface area (TPSA) is 677 Å². The van der Waals surface area contributed by atoms with Crippen molar-refractivity contribution < 1.29 is 126 Å². The number of hydrogen-bond acceptors (Lipinski definition) is 23. The SMILES string of the molecule is CC(C)C[C@H](NC(=O)[C@H](CCCCN)NC(=O)[C@H](Cc1c[nH]c2ccccc12)NC(=O)[C@H](CC(C)C)NC(=O)[C@H](CC(=O)O)NC(=O)[C@H](CO)NC(=O)[C@H](Cc1ccccc1)NC(=O)[C@@H](NC(=O)[C@H](CCC(=O)O)NC(=O)[C@H](C)NC(=O)[C@H](CO)NC(=O)[C@H](CC(C)C)NC(=O)[C@@H]1CCCN1C(=O)[C@@H]1CCCN1C(=O)[C@H](C)N)[C@@H](C)OP(=O)(O)O)C(=O)O. The van der Waals surface area contributed by atoms with E-state index in [9.17, 15) is 121 Å². The second-order valence-electron chi connectivity index (χ2n) is 32.0. The molecule has 0 saturated carbocycles. The smallest absolute Gasteiger partial charge is 0.469 e. The number of H-pyrrole nitrogens is 1. The molecular formula is C79H120N17O26P. The molecule has 0 spiro atoms. The van der Waals surface area contributed by atoms with Crippen molar-refractivity contribution in [2.75, 3.05) is 32.8 Å². The summed E-state index contributed by atoms with van der Waals surface area (Å²) in [4.78, 5) is 261. The molecule has 3 aromatic rings. The predicted octanol–water partition coefficient (Wildman–Crippen LogP) is -3.71. The average Bonchev–Trinajstić information content (AvgIpc) is 1.67. The molecule has 14 amide bonds. The number of aromatic nitrogens is 1. The van der Waals surface area contributed by atoms with Gasteiger partial charge < -0.3 is 125 Å². The first kappa shape index (κ1) is 102. The van der Waals surface area contributed by atoms with Crippen LogP contribution in [-0.4, -0.2) is 280 Å². The van der Waals surface area contributed by atoms with Crippen LogP contribution >= 0.6 is 7.82 Å².